The monoisotopic (exact) mass is 305 g/mol. The number of hydrogen-bond acceptors (Lipinski definition) is 1. The fraction of sp³-hybridized carbons (Fsp3) is 0.294. The molecule has 1 aliphatic carbocycles. The molecule has 0 fully saturated rings. The van der Waals surface area contributed by atoms with Crippen molar-refractivity contribution in [2.24, 2.45) is 0 Å². The molecule has 0 heterocycles. The first-order valence-electron chi connectivity index (χ1n) is 6.96. The summed E-state index contributed by atoms with van der Waals surface area (Å²) in [5, 5.41) is 5.03. The molecule has 3 rings (SSSR count). The predicted octanol–water partition coefficient (Wildman–Crippen LogP) is 4.64. The van der Waals surface area contributed by atoms with Crippen molar-refractivity contribution in [2.75, 3.05) is 0 Å². The number of benzene rings is 2. The van der Waals surface area contributed by atoms with E-state index in [2.05, 4.69) is 29.6 Å². The third-order valence-electron chi connectivity index (χ3n) is 3.94. The highest BCUT2D eigenvalue weighted by Crippen LogP contribution is 2.23. The van der Waals surface area contributed by atoms with Gasteiger partial charge >= 0.3 is 0 Å². The van der Waals surface area contributed by atoms with E-state index in [1.165, 1.54) is 17.5 Å². The fourth-order valence-electron chi connectivity index (χ4n) is 2.79. The van der Waals surface area contributed by atoms with Crippen molar-refractivity contribution in [1.82, 2.24) is 5.32 Å². The molecule has 0 spiro atoms. The van der Waals surface area contributed by atoms with E-state index >= 15 is 0 Å². The van der Waals surface area contributed by atoms with Crippen molar-refractivity contribution in [1.29, 1.82) is 0 Å². The Bertz CT molecular complexity index is 610. The highest BCUT2D eigenvalue weighted by Gasteiger charge is 2.17. The topological polar surface area (TPSA) is 12.0 Å². The Morgan fingerprint density at radius 1 is 1.05 bits per heavy atom. The lowest BCUT2D eigenvalue weighted by atomic mass is 9.88. The van der Waals surface area contributed by atoms with Crippen LogP contribution in [0.5, 0.6) is 0 Å². The van der Waals surface area contributed by atoms with Crippen LogP contribution in [0.2, 0.25) is 10.0 Å². The van der Waals surface area contributed by atoms with Gasteiger partial charge < -0.3 is 5.32 Å². The smallest absolute Gasteiger partial charge is 0.0465 e. The molecule has 1 atom stereocenters. The van der Waals surface area contributed by atoms with E-state index in [1.54, 1.807) is 6.07 Å². The third kappa shape index (κ3) is 3.17. The zero-order chi connectivity index (χ0) is 13.9. The average molecular weight is 306 g/mol. The first-order valence-corrected chi connectivity index (χ1v) is 7.72. The Kier molecular flexibility index (Phi) is 4.30. The van der Waals surface area contributed by atoms with Crippen molar-refractivity contribution < 1.29 is 0 Å². The summed E-state index contributed by atoms with van der Waals surface area (Å²) in [6.45, 7) is 0.794. The Morgan fingerprint density at radius 3 is 2.65 bits per heavy atom. The first-order chi connectivity index (χ1) is 9.72. The van der Waals surface area contributed by atoms with Gasteiger partial charge in [0.1, 0.15) is 0 Å². The van der Waals surface area contributed by atoms with Crippen LogP contribution >= 0.6 is 23.2 Å². The van der Waals surface area contributed by atoms with E-state index < -0.39 is 0 Å². The van der Waals surface area contributed by atoms with Gasteiger partial charge in [-0.3, -0.25) is 0 Å². The van der Waals surface area contributed by atoms with Crippen molar-refractivity contribution >= 4 is 23.2 Å². The van der Waals surface area contributed by atoms with Gasteiger partial charge in [-0.05, 0) is 48.1 Å². The van der Waals surface area contributed by atoms with Gasteiger partial charge in [-0.25, -0.2) is 0 Å². The quantitative estimate of drug-likeness (QED) is 0.871. The Hall–Kier alpha value is -1.02. The van der Waals surface area contributed by atoms with Gasteiger partial charge in [0.25, 0.3) is 0 Å². The van der Waals surface area contributed by atoms with E-state index in [1.807, 2.05) is 12.1 Å². The summed E-state index contributed by atoms with van der Waals surface area (Å²) in [5.74, 6) is 0. The summed E-state index contributed by atoms with van der Waals surface area (Å²) in [5.41, 5.74) is 4.07. The van der Waals surface area contributed by atoms with Crippen molar-refractivity contribution in [2.45, 2.75) is 31.8 Å². The second-order valence-electron chi connectivity index (χ2n) is 5.33. The number of rotatable bonds is 3. The maximum absolute atomic E-state index is 6.20. The molecule has 0 saturated carbocycles. The minimum atomic E-state index is 0.525. The summed E-state index contributed by atoms with van der Waals surface area (Å²) in [4.78, 5) is 0. The SMILES string of the molecule is Clc1ccc(CNC2CCc3ccccc3C2)c(Cl)c1. The van der Waals surface area contributed by atoms with Crippen LogP contribution in [0.1, 0.15) is 23.1 Å². The highest BCUT2D eigenvalue weighted by molar-refractivity contribution is 6.35. The van der Waals surface area contributed by atoms with Gasteiger partial charge in [-0.2, -0.15) is 0 Å². The standard InChI is InChI=1S/C17H17Cl2N/c18-15-7-5-14(17(19)10-15)11-20-16-8-6-12-3-1-2-4-13(12)9-16/h1-5,7,10,16,20H,6,8-9,11H2. The number of aryl methyl sites for hydroxylation is 1. The van der Waals surface area contributed by atoms with Crippen LogP contribution in [0.3, 0.4) is 0 Å². The molecule has 0 saturated heterocycles. The summed E-state index contributed by atoms with van der Waals surface area (Å²) >= 11 is 12.1. The minimum absolute atomic E-state index is 0.525. The lowest BCUT2D eigenvalue weighted by Crippen LogP contribution is -2.34. The van der Waals surface area contributed by atoms with Crippen LogP contribution < -0.4 is 5.32 Å². The number of halogens is 2. The molecule has 2 aromatic rings. The molecule has 1 N–H and O–H groups in total. The Balaban J connectivity index is 1.63. The summed E-state index contributed by atoms with van der Waals surface area (Å²) in [6.07, 6.45) is 3.44. The normalized spacial score (nSPS) is 17.8. The van der Waals surface area contributed by atoms with Gasteiger partial charge in [-0.15, -0.1) is 0 Å². The third-order valence-corrected chi connectivity index (χ3v) is 4.53. The van der Waals surface area contributed by atoms with E-state index in [4.69, 9.17) is 23.2 Å². The molecule has 0 aromatic heterocycles. The second-order valence-corrected chi connectivity index (χ2v) is 6.17. The molecule has 1 nitrogen and oxygen atoms in total. The van der Waals surface area contributed by atoms with Crippen LogP contribution in [-0.2, 0) is 19.4 Å². The van der Waals surface area contributed by atoms with Crippen LogP contribution in [0, 0.1) is 0 Å². The molecule has 1 aliphatic rings. The number of hydrogen-bond donors (Lipinski definition) is 1. The Morgan fingerprint density at radius 2 is 1.85 bits per heavy atom. The lowest BCUT2D eigenvalue weighted by Gasteiger charge is -2.25. The van der Waals surface area contributed by atoms with Crippen LogP contribution in [-0.4, -0.2) is 6.04 Å². The zero-order valence-electron chi connectivity index (χ0n) is 11.2. The van der Waals surface area contributed by atoms with Gasteiger partial charge in [0.15, 0.2) is 0 Å². The molecule has 0 bridgehead atoms. The van der Waals surface area contributed by atoms with E-state index in [0.717, 1.165) is 30.0 Å². The van der Waals surface area contributed by atoms with Gasteiger partial charge in [0.2, 0.25) is 0 Å². The van der Waals surface area contributed by atoms with E-state index in [-0.39, 0.29) is 0 Å². The summed E-state index contributed by atoms with van der Waals surface area (Å²) < 4.78 is 0. The predicted molar refractivity (Wildman–Crippen MR) is 85.6 cm³/mol. The van der Waals surface area contributed by atoms with Crippen LogP contribution in [0.25, 0.3) is 0 Å². The van der Waals surface area contributed by atoms with Gasteiger partial charge in [0.05, 0.1) is 0 Å². The molecular formula is C17H17Cl2N. The maximum atomic E-state index is 6.20. The highest BCUT2D eigenvalue weighted by atomic mass is 35.5. The van der Waals surface area contributed by atoms with Crippen LogP contribution in [0.15, 0.2) is 42.5 Å². The van der Waals surface area contributed by atoms with Crippen LogP contribution in [0.4, 0.5) is 0 Å². The molecule has 2 aromatic carbocycles. The molecule has 3 heteroatoms. The average Bonchev–Trinajstić information content (AvgIpc) is 2.46. The molecular weight excluding hydrogens is 289 g/mol. The van der Waals surface area contributed by atoms with Gasteiger partial charge in [0, 0.05) is 22.6 Å². The van der Waals surface area contributed by atoms with E-state index in [0.29, 0.717) is 11.1 Å². The molecule has 0 aliphatic heterocycles. The summed E-state index contributed by atoms with van der Waals surface area (Å²) in [6, 6.07) is 14.9. The molecule has 0 radical (unpaired) electrons. The molecule has 104 valence electrons. The fourth-order valence-corrected chi connectivity index (χ4v) is 3.27. The maximum Gasteiger partial charge on any atom is 0.0465 e. The van der Waals surface area contributed by atoms with E-state index in [9.17, 15) is 0 Å². The lowest BCUT2D eigenvalue weighted by molar-refractivity contribution is 0.458. The Labute approximate surface area is 129 Å². The first kappa shape index (κ1) is 13.9. The minimum Gasteiger partial charge on any atom is -0.310 e. The zero-order valence-corrected chi connectivity index (χ0v) is 12.7. The molecule has 0 amide bonds. The number of fused-ring (bicyclic) bond motifs is 1. The number of nitrogens with one attached hydrogen (secondary N) is 1. The van der Waals surface area contributed by atoms with Crippen molar-refractivity contribution in [3.05, 3.63) is 69.2 Å². The molecule has 1 unspecified atom stereocenters. The van der Waals surface area contributed by atoms with Gasteiger partial charge in [-0.1, -0.05) is 53.5 Å². The molecule has 20 heavy (non-hydrogen) atoms. The summed E-state index contributed by atoms with van der Waals surface area (Å²) in [7, 11) is 0. The second kappa shape index (κ2) is 6.17. The van der Waals surface area contributed by atoms with Crippen molar-refractivity contribution in [3.63, 3.8) is 0 Å². The largest absolute Gasteiger partial charge is 0.310 e. The van der Waals surface area contributed by atoms with Crippen molar-refractivity contribution in [3.8, 4) is 0 Å².